The summed E-state index contributed by atoms with van der Waals surface area (Å²) in [6.45, 7) is 0.547. The fourth-order valence-electron chi connectivity index (χ4n) is 2.88. The highest BCUT2D eigenvalue weighted by atomic mass is 15.0. The zero-order chi connectivity index (χ0) is 14.2. The van der Waals surface area contributed by atoms with E-state index in [1.54, 1.807) is 0 Å². The summed E-state index contributed by atoms with van der Waals surface area (Å²) >= 11 is 0. The van der Waals surface area contributed by atoms with Crippen LogP contribution in [0, 0.1) is 0 Å². The summed E-state index contributed by atoms with van der Waals surface area (Å²) in [5.74, 6) is 0. The van der Waals surface area contributed by atoms with Gasteiger partial charge in [-0.3, -0.25) is 4.57 Å². The van der Waals surface area contributed by atoms with Gasteiger partial charge < -0.3 is 5.73 Å². The lowest BCUT2D eigenvalue weighted by Gasteiger charge is -2.11. The zero-order valence-electron chi connectivity index (χ0n) is 11.5. The first-order valence-corrected chi connectivity index (χ1v) is 7.01. The van der Waals surface area contributed by atoms with Crippen LogP contribution in [0.3, 0.4) is 0 Å². The molecule has 0 amide bonds. The fourth-order valence-corrected chi connectivity index (χ4v) is 2.88. The quantitative estimate of drug-likeness (QED) is 0.606. The minimum atomic E-state index is 0.547. The molecule has 0 saturated heterocycles. The molecule has 0 aliphatic rings. The third-order valence-electron chi connectivity index (χ3n) is 3.92. The summed E-state index contributed by atoms with van der Waals surface area (Å²) in [7, 11) is 0. The number of hydrogen-bond donors (Lipinski definition) is 1. The fraction of sp³-hybridized carbons (Fsp3) is 0.0556. The Bertz CT molecular complexity index is 937. The standard InChI is InChI=1S/C18H15N3/c19-11-13-9-10-17(15-6-2-1-5-14(13)15)21-12-20-16-7-3-4-8-18(16)21/h1-10,12H,11,19H2. The molecule has 4 rings (SSSR count). The molecule has 0 saturated carbocycles. The molecule has 3 nitrogen and oxygen atoms in total. The second-order valence-electron chi connectivity index (χ2n) is 5.10. The maximum absolute atomic E-state index is 5.86. The molecule has 0 bridgehead atoms. The molecule has 2 N–H and O–H groups in total. The van der Waals surface area contributed by atoms with E-state index < -0.39 is 0 Å². The van der Waals surface area contributed by atoms with E-state index in [1.807, 2.05) is 24.5 Å². The normalized spacial score (nSPS) is 11.3. The molecule has 0 aliphatic heterocycles. The SMILES string of the molecule is NCc1ccc(-n2cnc3ccccc32)c2ccccc12. The van der Waals surface area contributed by atoms with Crippen LogP contribution in [0.2, 0.25) is 0 Å². The van der Waals surface area contributed by atoms with Gasteiger partial charge >= 0.3 is 0 Å². The molecule has 0 unspecified atom stereocenters. The predicted octanol–water partition coefficient (Wildman–Crippen LogP) is 3.64. The van der Waals surface area contributed by atoms with Gasteiger partial charge in [0.1, 0.15) is 6.33 Å². The van der Waals surface area contributed by atoms with Crippen molar-refractivity contribution in [3.8, 4) is 5.69 Å². The highest BCUT2D eigenvalue weighted by molar-refractivity contribution is 5.94. The summed E-state index contributed by atoms with van der Waals surface area (Å²) < 4.78 is 2.14. The van der Waals surface area contributed by atoms with Crippen LogP contribution in [-0.2, 0) is 6.54 Å². The minimum absolute atomic E-state index is 0.547. The van der Waals surface area contributed by atoms with E-state index in [9.17, 15) is 0 Å². The highest BCUT2D eigenvalue weighted by Gasteiger charge is 2.09. The van der Waals surface area contributed by atoms with Crippen molar-refractivity contribution in [2.45, 2.75) is 6.54 Å². The number of imidazole rings is 1. The lowest BCUT2D eigenvalue weighted by Crippen LogP contribution is -2.00. The Labute approximate surface area is 122 Å². The first-order chi connectivity index (χ1) is 10.4. The van der Waals surface area contributed by atoms with Gasteiger partial charge in [0.05, 0.1) is 16.7 Å². The largest absolute Gasteiger partial charge is 0.326 e. The van der Waals surface area contributed by atoms with Gasteiger partial charge in [0, 0.05) is 11.9 Å². The zero-order valence-corrected chi connectivity index (χ0v) is 11.5. The van der Waals surface area contributed by atoms with E-state index >= 15 is 0 Å². The Hall–Kier alpha value is -2.65. The molecule has 0 aliphatic carbocycles. The predicted molar refractivity (Wildman–Crippen MR) is 86.5 cm³/mol. The lowest BCUT2D eigenvalue weighted by molar-refractivity contribution is 1.07. The third kappa shape index (κ3) is 1.82. The van der Waals surface area contributed by atoms with E-state index in [1.165, 1.54) is 16.3 Å². The van der Waals surface area contributed by atoms with E-state index in [0.29, 0.717) is 6.54 Å². The smallest absolute Gasteiger partial charge is 0.100 e. The van der Waals surface area contributed by atoms with Crippen molar-refractivity contribution in [1.29, 1.82) is 0 Å². The molecule has 0 spiro atoms. The first-order valence-electron chi connectivity index (χ1n) is 7.01. The van der Waals surface area contributed by atoms with Gasteiger partial charge in [0.2, 0.25) is 0 Å². The van der Waals surface area contributed by atoms with Crippen molar-refractivity contribution in [3.05, 3.63) is 72.6 Å². The summed E-state index contributed by atoms with van der Waals surface area (Å²) in [5, 5.41) is 2.40. The average molecular weight is 273 g/mol. The van der Waals surface area contributed by atoms with Crippen molar-refractivity contribution in [1.82, 2.24) is 9.55 Å². The molecule has 3 heteroatoms. The maximum atomic E-state index is 5.86. The Morgan fingerprint density at radius 1 is 0.857 bits per heavy atom. The Morgan fingerprint density at radius 2 is 1.62 bits per heavy atom. The Balaban J connectivity index is 2.07. The van der Waals surface area contributed by atoms with Crippen LogP contribution >= 0.6 is 0 Å². The molecular weight excluding hydrogens is 258 g/mol. The van der Waals surface area contributed by atoms with Crippen LogP contribution in [-0.4, -0.2) is 9.55 Å². The number of hydrogen-bond acceptors (Lipinski definition) is 2. The van der Waals surface area contributed by atoms with Gasteiger partial charge in [-0.1, -0.05) is 42.5 Å². The van der Waals surface area contributed by atoms with Crippen LogP contribution in [0.1, 0.15) is 5.56 Å². The number of nitrogens with two attached hydrogens (primary N) is 1. The molecule has 21 heavy (non-hydrogen) atoms. The van der Waals surface area contributed by atoms with Gasteiger partial charge in [-0.05, 0) is 29.1 Å². The third-order valence-corrected chi connectivity index (χ3v) is 3.92. The van der Waals surface area contributed by atoms with Gasteiger partial charge in [-0.2, -0.15) is 0 Å². The minimum Gasteiger partial charge on any atom is -0.326 e. The molecule has 3 aromatic carbocycles. The molecule has 1 heterocycles. The molecule has 102 valence electrons. The van der Waals surface area contributed by atoms with Crippen LogP contribution < -0.4 is 5.73 Å². The van der Waals surface area contributed by atoms with Gasteiger partial charge in [0.15, 0.2) is 0 Å². The Kier molecular flexibility index (Phi) is 2.72. The van der Waals surface area contributed by atoms with Crippen LogP contribution in [0.4, 0.5) is 0 Å². The van der Waals surface area contributed by atoms with Crippen molar-refractivity contribution in [2.75, 3.05) is 0 Å². The second kappa shape index (κ2) is 4.72. The van der Waals surface area contributed by atoms with Crippen LogP contribution in [0.25, 0.3) is 27.5 Å². The molecule has 0 radical (unpaired) electrons. The second-order valence-corrected chi connectivity index (χ2v) is 5.10. The number of para-hydroxylation sites is 2. The average Bonchev–Trinajstić information content (AvgIpc) is 2.98. The lowest BCUT2D eigenvalue weighted by atomic mass is 10.0. The topological polar surface area (TPSA) is 43.8 Å². The van der Waals surface area contributed by atoms with Gasteiger partial charge in [-0.25, -0.2) is 4.98 Å². The molecule has 4 aromatic rings. The van der Waals surface area contributed by atoms with Crippen molar-refractivity contribution >= 4 is 21.8 Å². The number of aromatic nitrogens is 2. The molecule has 1 aromatic heterocycles. The van der Waals surface area contributed by atoms with Crippen LogP contribution in [0.15, 0.2) is 67.0 Å². The molecule has 0 atom stereocenters. The van der Waals surface area contributed by atoms with E-state index in [4.69, 9.17) is 5.73 Å². The molecular formula is C18H15N3. The van der Waals surface area contributed by atoms with Gasteiger partial charge in [0.25, 0.3) is 0 Å². The number of nitrogens with zero attached hydrogens (tertiary/aromatic N) is 2. The van der Waals surface area contributed by atoms with E-state index in [0.717, 1.165) is 16.7 Å². The summed E-state index contributed by atoms with van der Waals surface area (Å²) in [5.41, 5.74) is 10.3. The van der Waals surface area contributed by atoms with E-state index in [2.05, 4.69) is 52.0 Å². The summed E-state index contributed by atoms with van der Waals surface area (Å²) in [6, 6.07) is 20.8. The van der Waals surface area contributed by atoms with Crippen molar-refractivity contribution < 1.29 is 0 Å². The van der Waals surface area contributed by atoms with Crippen molar-refractivity contribution in [2.24, 2.45) is 5.73 Å². The number of rotatable bonds is 2. The van der Waals surface area contributed by atoms with Gasteiger partial charge in [-0.15, -0.1) is 0 Å². The molecule has 0 fully saturated rings. The van der Waals surface area contributed by atoms with Crippen molar-refractivity contribution in [3.63, 3.8) is 0 Å². The monoisotopic (exact) mass is 273 g/mol. The Morgan fingerprint density at radius 3 is 2.48 bits per heavy atom. The summed E-state index contributed by atoms with van der Waals surface area (Å²) in [6.07, 6.45) is 1.88. The highest BCUT2D eigenvalue weighted by Crippen LogP contribution is 2.28. The summed E-state index contributed by atoms with van der Waals surface area (Å²) in [4.78, 5) is 4.48. The maximum Gasteiger partial charge on any atom is 0.100 e. The van der Waals surface area contributed by atoms with Crippen LogP contribution in [0.5, 0.6) is 0 Å². The number of fused-ring (bicyclic) bond motifs is 2. The number of benzene rings is 3. The first kappa shape index (κ1) is 12.1. The van der Waals surface area contributed by atoms with E-state index in [-0.39, 0.29) is 0 Å².